The third kappa shape index (κ3) is 3.54. The number of rotatable bonds is 4. The number of carbonyl (C=O) groups excluding carboxylic acids is 2. The highest BCUT2D eigenvalue weighted by Gasteiger charge is 2.22. The molecule has 6 heteroatoms. The van der Waals surface area contributed by atoms with Gasteiger partial charge in [-0.25, -0.2) is 0 Å². The fourth-order valence-corrected chi connectivity index (χ4v) is 3.34. The van der Waals surface area contributed by atoms with Crippen LogP contribution in [0.4, 0.5) is 5.69 Å². The van der Waals surface area contributed by atoms with Gasteiger partial charge in [0.05, 0.1) is 18.0 Å². The van der Waals surface area contributed by atoms with Gasteiger partial charge in [0.25, 0.3) is 5.91 Å². The van der Waals surface area contributed by atoms with Crippen LogP contribution in [-0.2, 0) is 11.3 Å². The molecule has 0 saturated carbocycles. The largest absolute Gasteiger partial charge is 0.497 e. The SMILES string of the molecule is COc1cccc(C(=O)NCc2ccc3c(c2)NC(=O)C(C)S3)c1. The molecular weight excluding hydrogens is 324 g/mol. The molecule has 5 nitrogen and oxygen atoms in total. The van der Waals surface area contributed by atoms with Crippen LogP contribution in [0, 0.1) is 0 Å². The summed E-state index contributed by atoms with van der Waals surface area (Å²) in [6, 6.07) is 12.8. The van der Waals surface area contributed by atoms with E-state index >= 15 is 0 Å². The number of methoxy groups -OCH3 is 1. The average Bonchev–Trinajstić information content (AvgIpc) is 2.60. The van der Waals surface area contributed by atoms with Crippen molar-refractivity contribution in [2.45, 2.75) is 23.6 Å². The number of ether oxygens (including phenoxy) is 1. The first-order valence-corrected chi connectivity index (χ1v) is 8.47. The number of benzene rings is 2. The zero-order chi connectivity index (χ0) is 17.1. The Hall–Kier alpha value is -2.47. The first kappa shape index (κ1) is 16.4. The summed E-state index contributed by atoms with van der Waals surface area (Å²) >= 11 is 1.54. The van der Waals surface area contributed by atoms with Crippen molar-refractivity contribution in [2.75, 3.05) is 12.4 Å². The van der Waals surface area contributed by atoms with E-state index in [2.05, 4.69) is 10.6 Å². The van der Waals surface area contributed by atoms with E-state index < -0.39 is 0 Å². The second-order valence-corrected chi connectivity index (χ2v) is 6.88. The molecule has 24 heavy (non-hydrogen) atoms. The van der Waals surface area contributed by atoms with E-state index in [0.29, 0.717) is 17.9 Å². The molecule has 124 valence electrons. The van der Waals surface area contributed by atoms with E-state index in [1.54, 1.807) is 43.1 Å². The molecule has 0 spiro atoms. The molecule has 1 aliphatic rings. The summed E-state index contributed by atoms with van der Waals surface area (Å²) < 4.78 is 5.13. The Morgan fingerprint density at radius 1 is 1.29 bits per heavy atom. The topological polar surface area (TPSA) is 67.4 Å². The number of carbonyl (C=O) groups is 2. The van der Waals surface area contributed by atoms with Crippen LogP contribution >= 0.6 is 11.8 Å². The van der Waals surface area contributed by atoms with Crippen molar-refractivity contribution in [3.05, 3.63) is 53.6 Å². The molecule has 0 aliphatic carbocycles. The predicted octanol–water partition coefficient (Wildman–Crippen LogP) is 3.06. The lowest BCUT2D eigenvalue weighted by Crippen LogP contribution is -2.27. The van der Waals surface area contributed by atoms with Crippen LogP contribution in [0.15, 0.2) is 47.4 Å². The molecule has 3 rings (SSSR count). The van der Waals surface area contributed by atoms with Crippen LogP contribution in [-0.4, -0.2) is 24.2 Å². The maximum absolute atomic E-state index is 12.2. The van der Waals surface area contributed by atoms with Gasteiger partial charge in [-0.2, -0.15) is 0 Å². The van der Waals surface area contributed by atoms with E-state index in [1.165, 1.54) is 0 Å². The quantitative estimate of drug-likeness (QED) is 0.896. The van der Waals surface area contributed by atoms with Gasteiger partial charge in [0.2, 0.25) is 5.91 Å². The van der Waals surface area contributed by atoms with Crippen molar-refractivity contribution in [1.82, 2.24) is 5.32 Å². The van der Waals surface area contributed by atoms with E-state index in [9.17, 15) is 9.59 Å². The first-order chi connectivity index (χ1) is 11.6. The molecule has 2 N–H and O–H groups in total. The summed E-state index contributed by atoms with van der Waals surface area (Å²) in [5, 5.41) is 5.69. The fourth-order valence-electron chi connectivity index (χ4n) is 2.41. The van der Waals surface area contributed by atoms with Crippen molar-refractivity contribution < 1.29 is 14.3 Å². The standard InChI is InChI=1S/C18H18N2O3S/c1-11-17(21)20-15-8-12(6-7-16(15)24-11)10-19-18(22)13-4-3-5-14(9-13)23-2/h3-9,11H,10H2,1-2H3,(H,19,22)(H,20,21). The summed E-state index contributed by atoms with van der Waals surface area (Å²) in [5.74, 6) is 0.481. The minimum atomic E-state index is -0.168. The van der Waals surface area contributed by atoms with Crippen molar-refractivity contribution in [3.63, 3.8) is 0 Å². The maximum Gasteiger partial charge on any atom is 0.251 e. The minimum absolute atomic E-state index is 0.00469. The third-order valence-corrected chi connectivity index (χ3v) is 4.94. The van der Waals surface area contributed by atoms with Crippen molar-refractivity contribution in [3.8, 4) is 5.75 Å². The summed E-state index contributed by atoms with van der Waals surface area (Å²) in [4.78, 5) is 25.0. The number of amides is 2. The van der Waals surface area contributed by atoms with Gasteiger partial charge in [-0.15, -0.1) is 11.8 Å². The number of anilines is 1. The lowest BCUT2D eigenvalue weighted by molar-refractivity contribution is -0.115. The van der Waals surface area contributed by atoms with Crippen LogP contribution in [0.1, 0.15) is 22.8 Å². The first-order valence-electron chi connectivity index (χ1n) is 7.59. The molecule has 0 radical (unpaired) electrons. The number of fused-ring (bicyclic) bond motifs is 1. The third-order valence-electron chi connectivity index (χ3n) is 3.76. The maximum atomic E-state index is 12.2. The second-order valence-electron chi connectivity index (χ2n) is 5.49. The van der Waals surface area contributed by atoms with Gasteiger partial charge in [-0.1, -0.05) is 12.1 Å². The van der Waals surface area contributed by atoms with Gasteiger partial charge in [0.15, 0.2) is 0 Å². The number of nitrogens with one attached hydrogen (secondary N) is 2. The van der Waals surface area contributed by atoms with Gasteiger partial charge in [0, 0.05) is 17.0 Å². The smallest absolute Gasteiger partial charge is 0.251 e. The Balaban J connectivity index is 1.67. The minimum Gasteiger partial charge on any atom is -0.497 e. The monoisotopic (exact) mass is 342 g/mol. The fraction of sp³-hybridized carbons (Fsp3) is 0.222. The molecule has 1 heterocycles. The Kier molecular flexibility index (Phi) is 4.76. The Morgan fingerprint density at radius 3 is 2.92 bits per heavy atom. The zero-order valence-corrected chi connectivity index (χ0v) is 14.3. The van der Waals surface area contributed by atoms with Crippen LogP contribution in [0.5, 0.6) is 5.75 Å². The van der Waals surface area contributed by atoms with Gasteiger partial charge in [-0.05, 0) is 42.8 Å². The van der Waals surface area contributed by atoms with Crippen LogP contribution in [0.25, 0.3) is 0 Å². The highest BCUT2D eigenvalue weighted by Crippen LogP contribution is 2.35. The molecule has 0 bridgehead atoms. The van der Waals surface area contributed by atoms with Crippen molar-refractivity contribution in [1.29, 1.82) is 0 Å². The second kappa shape index (κ2) is 6.97. The molecule has 2 aromatic rings. The van der Waals surface area contributed by atoms with Gasteiger partial charge in [0.1, 0.15) is 5.75 Å². The highest BCUT2D eigenvalue weighted by atomic mass is 32.2. The van der Waals surface area contributed by atoms with Crippen LogP contribution < -0.4 is 15.4 Å². The molecule has 0 aromatic heterocycles. The molecule has 1 atom stereocenters. The van der Waals surface area contributed by atoms with Crippen LogP contribution in [0.2, 0.25) is 0 Å². The molecule has 0 fully saturated rings. The van der Waals surface area contributed by atoms with E-state index in [4.69, 9.17) is 4.74 Å². The Labute approximate surface area is 144 Å². The summed E-state index contributed by atoms with van der Waals surface area (Å²) in [6.45, 7) is 2.27. The van der Waals surface area contributed by atoms with E-state index in [-0.39, 0.29) is 17.1 Å². The van der Waals surface area contributed by atoms with E-state index in [1.807, 2.05) is 25.1 Å². The Bertz CT molecular complexity index is 792. The lowest BCUT2D eigenvalue weighted by Gasteiger charge is -2.22. The molecule has 1 unspecified atom stereocenters. The summed E-state index contributed by atoms with van der Waals surface area (Å²) in [6.07, 6.45) is 0. The number of hydrogen-bond acceptors (Lipinski definition) is 4. The summed E-state index contributed by atoms with van der Waals surface area (Å²) in [7, 11) is 1.57. The predicted molar refractivity (Wildman–Crippen MR) is 94.6 cm³/mol. The van der Waals surface area contributed by atoms with Gasteiger partial charge < -0.3 is 15.4 Å². The van der Waals surface area contributed by atoms with Gasteiger partial charge in [-0.3, -0.25) is 9.59 Å². The normalized spacial score (nSPS) is 16.1. The Morgan fingerprint density at radius 2 is 2.12 bits per heavy atom. The molecular formula is C18H18N2O3S. The molecule has 1 aliphatic heterocycles. The number of hydrogen-bond donors (Lipinski definition) is 2. The van der Waals surface area contributed by atoms with Crippen molar-refractivity contribution >= 4 is 29.3 Å². The van der Waals surface area contributed by atoms with Gasteiger partial charge >= 0.3 is 0 Å². The van der Waals surface area contributed by atoms with E-state index in [0.717, 1.165) is 16.1 Å². The highest BCUT2D eigenvalue weighted by molar-refractivity contribution is 8.00. The molecule has 0 saturated heterocycles. The lowest BCUT2D eigenvalue weighted by atomic mass is 10.1. The van der Waals surface area contributed by atoms with Crippen LogP contribution in [0.3, 0.4) is 0 Å². The average molecular weight is 342 g/mol. The van der Waals surface area contributed by atoms with Crippen molar-refractivity contribution in [2.24, 2.45) is 0 Å². The number of thioether (sulfide) groups is 1. The zero-order valence-electron chi connectivity index (χ0n) is 13.5. The summed E-state index contributed by atoms with van der Waals surface area (Å²) in [5.41, 5.74) is 2.28. The molecule has 2 aromatic carbocycles. The molecule has 2 amide bonds.